The maximum Gasteiger partial charge on any atom is 0.308 e. The number of aliphatic hydroxyl groups excluding tert-OH is 4. The first-order valence-corrected chi connectivity index (χ1v) is 23.2. The zero-order valence-electron chi connectivity index (χ0n) is 39.9. The first kappa shape index (κ1) is 53.2. The number of allylic oxidation sites excluding steroid dienone is 1. The van der Waals surface area contributed by atoms with Gasteiger partial charge >= 0.3 is 5.97 Å². The molecule has 18 nitrogen and oxygen atoms in total. The van der Waals surface area contributed by atoms with Gasteiger partial charge < -0.3 is 77.8 Å². The van der Waals surface area contributed by atoms with E-state index in [4.69, 9.17) is 47.4 Å². The van der Waals surface area contributed by atoms with Crippen LogP contribution in [0.2, 0.25) is 0 Å². The molecule has 64 heavy (non-hydrogen) atoms. The van der Waals surface area contributed by atoms with Crippen LogP contribution in [0.3, 0.4) is 0 Å². The summed E-state index contributed by atoms with van der Waals surface area (Å²) in [4.78, 5) is 29.7. The third-order valence-electron chi connectivity index (χ3n) is 14.3. The van der Waals surface area contributed by atoms with Gasteiger partial charge in [-0.25, -0.2) is 0 Å². The monoisotopic (exact) mass is 918 g/mol. The Labute approximate surface area is 379 Å². The Kier molecular flexibility index (Phi) is 18.8. The average molecular weight is 918 g/mol. The summed E-state index contributed by atoms with van der Waals surface area (Å²) >= 11 is 0. The zero-order chi connectivity index (χ0) is 47.4. The molecule has 0 spiro atoms. The van der Waals surface area contributed by atoms with Gasteiger partial charge in [-0.15, -0.1) is 0 Å². The van der Waals surface area contributed by atoms with Gasteiger partial charge in [0.2, 0.25) is 0 Å². The predicted molar refractivity (Wildman–Crippen MR) is 229 cm³/mol. The van der Waals surface area contributed by atoms with E-state index in [0.29, 0.717) is 19.3 Å². The Morgan fingerprint density at radius 3 is 2.12 bits per heavy atom. The summed E-state index contributed by atoms with van der Waals surface area (Å²) in [5, 5.41) is 54.3. The van der Waals surface area contributed by atoms with Crippen LogP contribution in [0.15, 0.2) is 12.2 Å². The number of likely N-dealkylation sites (N-methyl/N-ethyl adjacent to an activating group) is 1. The molecule has 5 N–H and O–H groups in total. The number of fused-ring (bicyclic) bond motifs is 1. The van der Waals surface area contributed by atoms with Crippen LogP contribution in [-0.2, 0) is 57.0 Å². The number of rotatable bonds is 13. The van der Waals surface area contributed by atoms with Gasteiger partial charge in [-0.3, -0.25) is 9.59 Å². The molecule has 0 aromatic heterocycles. The number of ketones is 1. The van der Waals surface area contributed by atoms with Gasteiger partial charge in [0.05, 0.1) is 55.3 Å². The van der Waals surface area contributed by atoms with Crippen molar-refractivity contribution in [3.05, 3.63) is 12.2 Å². The van der Waals surface area contributed by atoms with Crippen molar-refractivity contribution < 1.29 is 82.5 Å². The van der Waals surface area contributed by atoms with E-state index in [-0.39, 0.29) is 44.3 Å². The number of esters is 1. The second kappa shape index (κ2) is 22.6. The SMILES string of the molecule is CC[C@@H]1OC(=O)C[C@@H](O)[C@H](C)[C@H](O[C@H]2C[C@@H](N(C)C)[C@@H](O[C@@H]3C[C@](C)(O)[C@H](O)[C@@H](C)O3)[C@@H](C)O2)[C@@H](CCO)C[C@H](C)C(=O)/C=C\[C@@]2(C)O[C@H]2[C@H]1CO[C@@H]1O[C@@H](C)[C@@H](O)[C@H](OC)[C@H]1OC. The normalized spacial score (nSPS) is 48.1. The molecule has 22 atom stereocenters. The van der Waals surface area contributed by atoms with Crippen molar-refractivity contribution in [2.75, 3.05) is 41.5 Å². The van der Waals surface area contributed by atoms with Gasteiger partial charge in [0, 0.05) is 57.5 Å². The smallest absolute Gasteiger partial charge is 0.308 e. The molecule has 0 aliphatic carbocycles. The molecule has 5 aliphatic heterocycles. The molecule has 0 aromatic rings. The Hall–Kier alpha value is -1.72. The molecule has 0 unspecified atom stereocenters. The molecule has 4 fully saturated rings. The number of ether oxygens (including phenoxy) is 10. The molecule has 18 heteroatoms. The fraction of sp³-hybridized carbons (Fsp3) is 0.913. The molecule has 0 aromatic carbocycles. The predicted octanol–water partition coefficient (Wildman–Crippen LogP) is 1.87. The quantitative estimate of drug-likeness (QED) is 0.131. The van der Waals surface area contributed by atoms with Gasteiger partial charge in [-0.05, 0) is 86.0 Å². The fourth-order valence-electron chi connectivity index (χ4n) is 10.2. The number of carbonyl (C=O) groups is 2. The number of cyclic esters (lactones) is 1. The van der Waals surface area contributed by atoms with Gasteiger partial charge in [0.1, 0.15) is 42.2 Å². The van der Waals surface area contributed by atoms with Gasteiger partial charge in [-0.1, -0.05) is 20.8 Å². The van der Waals surface area contributed by atoms with Gasteiger partial charge in [0.25, 0.3) is 0 Å². The number of nitrogens with zero attached hydrogens (tertiary/aromatic N) is 1. The van der Waals surface area contributed by atoms with Crippen LogP contribution in [0.25, 0.3) is 0 Å². The van der Waals surface area contributed by atoms with Crippen molar-refractivity contribution >= 4 is 11.8 Å². The molecular formula is C46H79NO17. The second-order valence-corrected chi connectivity index (χ2v) is 19.5. The van der Waals surface area contributed by atoms with Crippen LogP contribution in [0.1, 0.15) is 93.9 Å². The molecule has 5 rings (SSSR count). The van der Waals surface area contributed by atoms with Crippen LogP contribution in [0, 0.1) is 23.7 Å². The number of hydrogen-bond donors (Lipinski definition) is 5. The summed E-state index contributed by atoms with van der Waals surface area (Å²) < 4.78 is 61.8. The van der Waals surface area contributed by atoms with Crippen LogP contribution in [-0.4, -0.2) is 193 Å². The molecule has 5 aliphatic rings. The first-order chi connectivity index (χ1) is 30.1. The lowest BCUT2D eigenvalue weighted by Gasteiger charge is -2.48. The number of aliphatic hydroxyl groups is 5. The lowest BCUT2D eigenvalue weighted by Crippen LogP contribution is -2.60. The molecule has 370 valence electrons. The Morgan fingerprint density at radius 2 is 1.52 bits per heavy atom. The van der Waals surface area contributed by atoms with Crippen molar-refractivity contribution in [3.8, 4) is 0 Å². The van der Waals surface area contributed by atoms with Crippen molar-refractivity contribution in [2.45, 2.75) is 203 Å². The molecule has 0 radical (unpaired) electrons. The lowest BCUT2D eigenvalue weighted by atomic mass is 9.79. The highest BCUT2D eigenvalue weighted by molar-refractivity contribution is 5.91. The highest BCUT2D eigenvalue weighted by Gasteiger charge is 2.58. The third kappa shape index (κ3) is 12.5. The summed E-state index contributed by atoms with van der Waals surface area (Å²) in [6.45, 7) is 13.9. The summed E-state index contributed by atoms with van der Waals surface area (Å²) in [5.74, 6) is -2.97. The number of hydrogen-bond acceptors (Lipinski definition) is 18. The number of carbonyl (C=O) groups excluding carboxylic acids is 2. The first-order valence-electron chi connectivity index (χ1n) is 23.2. The highest BCUT2D eigenvalue weighted by Crippen LogP contribution is 2.46. The van der Waals surface area contributed by atoms with E-state index in [1.54, 1.807) is 33.8 Å². The van der Waals surface area contributed by atoms with Crippen LogP contribution in [0.4, 0.5) is 0 Å². The third-order valence-corrected chi connectivity index (χ3v) is 14.3. The van der Waals surface area contributed by atoms with E-state index < -0.39 is 133 Å². The molecule has 0 amide bonds. The maximum absolute atomic E-state index is 13.9. The summed E-state index contributed by atoms with van der Waals surface area (Å²) in [7, 11) is 6.78. The van der Waals surface area contributed by atoms with E-state index in [0.717, 1.165) is 0 Å². The van der Waals surface area contributed by atoms with E-state index >= 15 is 0 Å². The molecule has 0 saturated carbocycles. The van der Waals surface area contributed by atoms with Crippen LogP contribution in [0.5, 0.6) is 0 Å². The van der Waals surface area contributed by atoms with E-state index in [1.807, 2.05) is 46.7 Å². The minimum Gasteiger partial charge on any atom is -0.462 e. The second-order valence-electron chi connectivity index (χ2n) is 19.5. The zero-order valence-corrected chi connectivity index (χ0v) is 39.9. The average Bonchev–Trinajstić information content (AvgIpc) is 3.91. The standard InChI is InChI=1S/C46H79NO17/c1-13-33-29(22-57-44-41(56-12)40(55-11)37(52)25(4)60-44)43-46(8,64-43)16-14-31(49)23(2)18-28(15-17-48)38(24(3)32(50)20-34(51)61-33)62-35-19-30(47(9)10)39(26(5)58-35)63-36-21-45(7,54)42(53)27(6)59-36/h14,16,23-30,32-33,35-44,48,50,52-54H,13,15,17-22H2,1-12H3/b16-14-/t23-,24-,25-,26+,27+,28-,29-,30+,32+,33-,35-,36+,37+,38-,39-,40-,41+,42+,43-,44+,45-,46+/m0/s1. The topological polar surface area (TPSA) is 234 Å². The highest BCUT2D eigenvalue weighted by atomic mass is 16.7. The van der Waals surface area contributed by atoms with Crippen molar-refractivity contribution in [2.24, 2.45) is 23.7 Å². The molecule has 4 saturated heterocycles. The minimum absolute atomic E-state index is 0.00210. The summed E-state index contributed by atoms with van der Waals surface area (Å²) in [6, 6.07) is -0.257. The molecule has 5 heterocycles. The van der Waals surface area contributed by atoms with E-state index in [1.165, 1.54) is 20.3 Å². The minimum atomic E-state index is -1.42. The number of methoxy groups -OCH3 is 2. The summed E-state index contributed by atoms with van der Waals surface area (Å²) in [5.41, 5.74) is -2.31. The fourth-order valence-corrected chi connectivity index (χ4v) is 10.2. The Balaban J connectivity index is 1.38. The van der Waals surface area contributed by atoms with Crippen molar-refractivity contribution in [1.82, 2.24) is 4.90 Å². The number of epoxide rings is 1. The Bertz CT molecular complexity index is 1530. The van der Waals surface area contributed by atoms with Crippen molar-refractivity contribution in [1.29, 1.82) is 0 Å². The maximum atomic E-state index is 13.9. The van der Waals surface area contributed by atoms with Crippen LogP contribution >= 0.6 is 0 Å². The van der Waals surface area contributed by atoms with Gasteiger partial charge in [-0.2, -0.15) is 0 Å². The molecular weight excluding hydrogens is 838 g/mol. The van der Waals surface area contributed by atoms with Gasteiger partial charge in [0.15, 0.2) is 24.7 Å². The lowest BCUT2D eigenvalue weighted by molar-refractivity contribution is -0.322. The largest absolute Gasteiger partial charge is 0.462 e. The van der Waals surface area contributed by atoms with E-state index in [2.05, 4.69) is 0 Å². The summed E-state index contributed by atoms with van der Waals surface area (Å²) in [6.07, 6.45) is -7.47. The molecule has 0 bridgehead atoms. The van der Waals surface area contributed by atoms with E-state index in [9.17, 15) is 35.1 Å². The van der Waals surface area contributed by atoms with Crippen molar-refractivity contribution in [3.63, 3.8) is 0 Å². The van der Waals surface area contributed by atoms with Crippen LogP contribution < -0.4 is 0 Å². The Morgan fingerprint density at radius 1 is 0.859 bits per heavy atom.